The summed E-state index contributed by atoms with van der Waals surface area (Å²) in [4.78, 5) is 21.8. The van der Waals surface area contributed by atoms with Crippen molar-refractivity contribution in [3.05, 3.63) is 34.9 Å². The lowest BCUT2D eigenvalue weighted by Gasteiger charge is -2.06. The zero-order chi connectivity index (χ0) is 11.4. The molecule has 0 saturated heterocycles. The molecular formula is C12H13O3-. The van der Waals surface area contributed by atoms with E-state index >= 15 is 0 Å². The third-order valence-electron chi connectivity index (χ3n) is 2.24. The van der Waals surface area contributed by atoms with E-state index < -0.39 is 5.97 Å². The van der Waals surface area contributed by atoms with Crippen LogP contribution in [-0.4, -0.2) is 11.8 Å². The fraction of sp³-hybridized carbons (Fsp3) is 0.333. The van der Waals surface area contributed by atoms with Gasteiger partial charge in [0, 0.05) is 18.0 Å². The highest BCUT2D eigenvalue weighted by Gasteiger charge is 2.08. The highest BCUT2D eigenvalue weighted by molar-refractivity contribution is 5.98. The van der Waals surface area contributed by atoms with E-state index in [9.17, 15) is 14.7 Å². The van der Waals surface area contributed by atoms with Gasteiger partial charge in [0.1, 0.15) is 0 Å². The van der Waals surface area contributed by atoms with E-state index in [1.54, 1.807) is 6.07 Å². The van der Waals surface area contributed by atoms with Crippen LogP contribution in [0.3, 0.4) is 0 Å². The molecule has 0 aliphatic carbocycles. The second-order valence-corrected chi connectivity index (χ2v) is 3.61. The molecule has 1 aromatic carbocycles. The summed E-state index contributed by atoms with van der Waals surface area (Å²) < 4.78 is 0. The van der Waals surface area contributed by atoms with Crippen LogP contribution in [0.5, 0.6) is 0 Å². The standard InChI is InChI=1S/C12H14O3/c1-8-3-4-10(9(2)7-8)11(13)5-6-12(14)15/h3-4,7H,5-6H2,1-2H3,(H,14,15)/p-1. The molecule has 0 N–H and O–H groups in total. The molecule has 3 nitrogen and oxygen atoms in total. The molecule has 0 bridgehead atoms. The topological polar surface area (TPSA) is 57.2 Å². The van der Waals surface area contributed by atoms with Crippen molar-refractivity contribution in [2.45, 2.75) is 26.7 Å². The first-order valence-electron chi connectivity index (χ1n) is 4.81. The Hall–Kier alpha value is -1.64. The average molecular weight is 205 g/mol. The number of carbonyl (C=O) groups excluding carboxylic acids is 2. The summed E-state index contributed by atoms with van der Waals surface area (Å²) in [5, 5.41) is 10.2. The number of carboxylic acids is 1. The maximum atomic E-state index is 11.6. The molecule has 80 valence electrons. The zero-order valence-electron chi connectivity index (χ0n) is 8.87. The molecule has 0 saturated carbocycles. The van der Waals surface area contributed by atoms with Gasteiger partial charge in [-0.15, -0.1) is 0 Å². The third-order valence-corrected chi connectivity index (χ3v) is 2.24. The lowest BCUT2D eigenvalue weighted by molar-refractivity contribution is -0.305. The Morgan fingerprint density at radius 3 is 2.40 bits per heavy atom. The van der Waals surface area contributed by atoms with Gasteiger partial charge in [-0.25, -0.2) is 0 Å². The van der Waals surface area contributed by atoms with Crippen LogP contribution in [-0.2, 0) is 4.79 Å². The predicted octanol–water partition coefficient (Wildman–Crippen LogP) is 1.02. The Bertz CT molecular complexity index is 394. The van der Waals surface area contributed by atoms with Gasteiger partial charge in [-0.3, -0.25) is 4.79 Å². The van der Waals surface area contributed by atoms with Crippen molar-refractivity contribution in [1.82, 2.24) is 0 Å². The van der Waals surface area contributed by atoms with Crippen LogP contribution in [0.4, 0.5) is 0 Å². The Morgan fingerprint density at radius 2 is 1.87 bits per heavy atom. The minimum atomic E-state index is -1.19. The molecule has 0 amide bonds. The highest BCUT2D eigenvalue weighted by Crippen LogP contribution is 2.13. The first-order valence-corrected chi connectivity index (χ1v) is 4.81. The van der Waals surface area contributed by atoms with Crippen molar-refractivity contribution in [3.8, 4) is 0 Å². The summed E-state index contributed by atoms with van der Waals surface area (Å²) >= 11 is 0. The van der Waals surface area contributed by atoms with Crippen LogP contribution < -0.4 is 5.11 Å². The normalized spacial score (nSPS) is 10.0. The molecule has 3 heteroatoms. The Kier molecular flexibility index (Phi) is 3.61. The van der Waals surface area contributed by atoms with Crippen molar-refractivity contribution in [3.63, 3.8) is 0 Å². The first-order chi connectivity index (χ1) is 7.00. The number of ketones is 1. The van der Waals surface area contributed by atoms with Crippen LogP contribution in [0.25, 0.3) is 0 Å². The van der Waals surface area contributed by atoms with Crippen molar-refractivity contribution >= 4 is 11.8 Å². The molecule has 0 heterocycles. The van der Waals surface area contributed by atoms with Crippen molar-refractivity contribution in [1.29, 1.82) is 0 Å². The first kappa shape index (κ1) is 11.4. The second kappa shape index (κ2) is 4.73. The molecular weight excluding hydrogens is 192 g/mol. The Morgan fingerprint density at radius 1 is 1.20 bits per heavy atom. The number of rotatable bonds is 4. The number of hydrogen-bond donors (Lipinski definition) is 0. The van der Waals surface area contributed by atoms with E-state index in [0.717, 1.165) is 11.1 Å². The summed E-state index contributed by atoms with van der Waals surface area (Å²) in [6, 6.07) is 5.49. The maximum absolute atomic E-state index is 11.6. The number of benzene rings is 1. The number of carbonyl (C=O) groups is 2. The molecule has 0 aliphatic heterocycles. The Balaban J connectivity index is 2.78. The summed E-state index contributed by atoms with van der Waals surface area (Å²) in [7, 11) is 0. The van der Waals surface area contributed by atoms with E-state index in [1.807, 2.05) is 26.0 Å². The van der Waals surface area contributed by atoms with E-state index in [2.05, 4.69) is 0 Å². The molecule has 15 heavy (non-hydrogen) atoms. The zero-order valence-corrected chi connectivity index (χ0v) is 8.87. The van der Waals surface area contributed by atoms with Crippen LogP contribution >= 0.6 is 0 Å². The monoisotopic (exact) mass is 205 g/mol. The fourth-order valence-electron chi connectivity index (χ4n) is 1.48. The number of aryl methyl sites for hydroxylation is 2. The predicted molar refractivity (Wildman–Crippen MR) is 54.5 cm³/mol. The molecule has 0 spiro atoms. The average Bonchev–Trinajstić information content (AvgIpc) is 2.14. The van der Waals surface area contributed by atoms with E-state index in [1.165, 1.54) is 0 Å². The summed E-state index contributed by atoms with van der Waals surface area (Å²) in [6.45, 7) is 3.79. The molecule has 0 atom stereocenters. The molecule has 0 aliphatic rings. The van der Waals surface area contributed by atoms with Gasteiger partial charge >= 0.3 is 0 Å². The van der Waals surface area contributed by atoms with E-state index in [0.29, 0.717) is 5.56 Å². The van der Waals surface area contributed by atoms with E-state index in [-0.39, 0.29) is 18.6 Å². The lowest BCUT2D eigenvalue weighted by atomic mass is 10.00. The largest absolute Gasteiger partial charge is 0.550 e. The fourth-order valence-corrected chi connectivity index (χ4v) is 1.48. The van der Waals surface area contributed by atoms with Gasteiger partial charge in [0.15, 0.2) is 5.78 Å². The van der Waals surface area contributed by atoms with Crippen LogP contribution in [0.1, 0.15) is 34.3 Å². The summed E-state index contributed by atoms with van der Waals surface area (Å²) in [5.41, 5.74) is 2.57. The van der Waals surface area contributed by atoms with Gasteiger partial charge in [0.25, 0.3) is 0 Å². The van der Waals surface area contributed by atoms with Gasteiger partial charge in [0.2, 0.25) is 0 Å². The van der Waals surface area contributed by atoms with Gasteiger partial charge in [-0.1, -0.05) is 23.8 Å². The minimum Gasteiger partial charge on any atom is -0.550 e. The molecule has 0 unspecified atom stereocenters. The number of Topliss-reactive ketones (excluding diaryl/α,β-unsaturated/α-hetero) is 1. The van der Waals surface area contributed by atoms with Gasteiger partial charge < -0.3 is 9.90 Å². The maximum Gasteiger partial charge on any atom is 0.163 e. The number of aliphatic carboxylic acids is 1. The molecule has 1 aromatic rings. The van der Waals surface area contributed by atoms with Crippen molar-refractivity contribution < 1.29 is 14.7 Å². The van der Waals surface area contributed by atoms with Gasteiger partial charge in [-0.05, 0) is 25.8 Å². The van der Waals surface area contributed by atoms with Gasteiger partial charge in [0.05, 0.1) is 0 Å². The molecule has 0 aromatic heterocycles. The van der Waals surface area contributed by atoms with Crippen LogP contribution in [0.2, 0.25) is 0 Å². The van der Waals surface area contributed by atoms with Crippen molar-refractivity contribution in [2.24, 2.45) is 0 Å². The molecule has 0 radical (unpaired) electrons. The lowest BCUT2D eigenvalue weighted by Crippen LogP contribution is -2.22. The van der Waals surface area contributed by atoms with Gasteiger partial charge in [-0.2, -0.15) is 0 Å². The van der Waals surface area contributed by atoms with Crippen molar-refractivity contribution in [2.75, 3.05) is 0 Å². The SMILES string of the molecule is Cc1ccc(C(=O)CCC(=O)[O-])c(C)c1. The summed E-state index contributed by atoms with van der Waals surface area (Å²) in [5.74, 6) is -1.33. The van der Waals surface area contributed by atoms with Crippen LogP contribution in [0.15, 0.2) is 18.2 Å². The quantitative estimate of drug-likeness (QED) is 0.689. The minimum absolute atomic E-state index is 0.00618. The molecule has 1 rings (SSSR count). The number of hydrogen-bond acceptors (Lipinski definition) is 3. The smallest absolute Gasteiger partial charge is 0.163 e. The molecule has 0 fully saturated rings. The third kappa shape index (κ3) is 3.20. The Labute approximate surface area is 88.7 Å². The summed E-state index contributed by atoms with van der Waals surface area (Å²) in [6.07, 6.45) is -0.210. The van der Waals surface area contributed by atoms with E-state index in [4.69, 9.17) is 0 Å². The highest BCUT2D eigenvalue weighted by atomic mass is 16.4. The van der Waals surface area contributed by atoms with Crippen LogP contribution in [0, 0.1) is 13.8 Å². The number of carboxylic acid groups (broad SMARTS) is 1. The second-order valence-electron chi connectivity index (χ2n) is 3.61.